The third-order valence-electron chi connectivity index (χ3n) is 2.62. The van der Waals surface area contributed by atoms with Crippen LogP contribution in [-0.4, -0.2) is 11.2 Å². The molecule has 0 heterocycles. The van der Waals surface area contributed by atoms with Crippen molar-refractivity contribution in [2.75, 3.05) is 0 Å². The molecule has 72 valence electrons. The molecule has 0 radical (unpaired) electrons. The van der Waals surface area contributed by atoms with E-state index in [2.05, 4.69) is 10.0 Å². The predicted octanol–water partition coefficient (Wildman–Crippen LogP) is 2.35. The summed E-state index contributed by atoms with van der Waals surface area (Å²) in [5.41, 5.74) is 10.5. The van der Waals surface area contributed by atoms with Crippen molar-refractivity contribution >= 4 is 0 Å². The minimum atomic E-state index is -0.541. The van der Waals surface area contributed by atoms with Gasteiger partial charge in [0.1, 0.15) is 0 Å². The van der Waals surface area contributed by atoms with Crippen LogP contribution >= 0.6 is 0 Å². The van der Waals surface area contributed by atoms with Gasteiger partial charge in [-0.25, -0.2) is 0 Å². The van der Waals surface area contributed by atoms with Gasteiger partial charge in [-0.05, 0) is 29.5 Å². The molecular formula is C10H11N3O. The van der Waals surface area contributed by atoms with Crippen molar-refractivity contribution in [3.8, 4) is 0 Å². The van der Waals surface area contributed by atoms with Gasteiger partial charge in [0, 0.05) is 4.91 Å². The van der Waals surface area contributed by atoms with Crippen LogP contribution in [0.4, 0.5) is 0 Å². The summed E-state index contributed by atoms with van der Waals surface area (Å²) >= 11 is 0. The lowest BCUT2D eigenvalue weighted by Crippen LogP contribution is -2.23. The molecule has 1 aromatic rings. The van der Waals surface area contributed by atoms with Crippen molar-refractivity contribution in [2.45, 2.75) is 25.0 Å². The van der Waals surface area contributed by atoms with Crippen molar-refractivity contribution < 1.29 is 5.11 Å². The Kier molecular flexibility index (Phi) is 2.39. The quantitative estimate of drug-likeness (QED) is 0.411. The molecule has 0 aliphatic heterocycles. The molecule has 0 saturated heterocycles. The molecule has 0 saturated carbocycles. The first kappa shape index (κ1) is 9.06. The fourth-order valence-corrected chi connectivity index (χ4v) is 1.91. The summed E-state index contributed by atoms with van der Waals surface area (Å²) in [6, 6.07) is 7.38. The van der Waals surface area contributed by atoms with Crippen LogP contribution in [0.25, 0.3) is 10.4 Å². The van der Waals surface area contributed by atoms with Crippen LogP contribution < -0.4 is 0 Å². The highest BCUT2D eigenvalue weighted by atomic mass is 16.3. The minimum Gasteiger partial charge on any atom is -0.392 e. The van der Waals surface area contributed by atoms with E-state index in [1.807, 2.05) is 24.3 Å². The highest BCUT2D eigenvalue weighted by molar-refractivity contribution is 5.33. The summed E-state index contributed by atoms with van der Waals surface area (Å²) in [6.45, 7) is 0. The molecule has 2 atom stereocenters. The molecule has 2 unspecified atom stereocenters. The summed E-state index contributed by atoms with van der Waals surface area (Å²) in [7, 11) is 0. The Hall–Kier alpha value is -1.51. The zero-order valence-electron chi connectivity index (χ0n) is 7.67. The summed E-state index contributed by atoms with van der Waals surface area (Å²) in [5.74, 6) is 0. The van der Waals surface area contributed by atoms with Crippen LogP contribution in [0, 0.1) is 0 Å². The van der Waals surface area contributed by atoms with Crippen molar-refractivity contribution in [3.05, 3.63) is 45.8 Å². The average molecular weight is 189 g/mol. The number of fused-ring (bicyclic) bond motifs is 1. The van der Waals surface area contributed by atoms with Crippen molar-refractivity contribution in [1.29, 1.82) is 0 Å². The maximum Gasteiger partial charge on any atom is 0.0887 e. The molecule has 4 heteroatoms. The van der Waals surface area contributed by atoms with E-state index in [9.17, 15) is 5.11 Å². The van der Waals surface area contributed by atoms with Gasteiger partial charge in [-0.1, -0.05) is 29.4 Å². The van der Waals surface area contributed by atoms with Gasteiger partial charge < -0.3 is 5.11 Å². The monoisotopic (exact) mass is 189 g/mol. The molecule has 1 N–H and O–H groups in total. The molecule has 0 aromatic heterocycles. The third kappa shape index (κ3) is 1.45. The predicted molar refractivity (Wildman–Crippen MR) is 52.7 cm³/mol. The Morgan fingerprint density at radius 1 is 1.43 bits per heavy atom. The van der Waals surface area contributed by atoms with Gasteiger partial charge in [-0.15, -0.1) is 0 Å². The van der Waals surface area contributed by atoms with Crippen molar-refractivity contribution in [3.63, 3.8) is 0 Å². The normalized spacial score (nSPS) is 24.9. The summed E-state index contributed by atoms with van der Waals surface area (Å²) in [4.78, 5) is 2.77. The maximum absolute atomic E-state index is 9.68. The first-order valence-electron chi connectivity index (χ1n) is 4.63. The zero-order chi connectivity index (χ0) is 9.97. The van der Waals surface area contributed by atoms with E-state index < -0.39 is 12.1 Å². The highest BCUT2D eigenvalue weighted by Crippen LogP contribution is 2.32. The van der Waals surface area contributed by atoms with Crippen LogP contribution in [0.5, 0.6) is 0 Å². The third-order valence-corrected chi connectivity index (χ3v) is 2.62. The van der Waals surface area contributed by atoms with E-state index in [0.717, 1.165) is 12.0 Å². The van der Waals surface area contributed by atoms with E-state index >= 15 is 0 Å². The van der Waals surface area contributed by atoms with Gasteiger partial charge in [0.2, 0.25) is 0 Å². The number of benzene rings is 1. The van der Waals surface area contributed by atoms with Gasteiger partial charge in [0.05, 0.1) is 12.1 Å². The van der Waals surface area contributed by atoms with E-state index in [4.69, 9.17) is 5.53 Å². The second-order valence-corrected chi connectivity index (χ2v) is 3.45. The van der Waals surface area contributed by atoms with E-state index in [1.54, 1.807) is 0 Å². The second kappa shape index (κ2) is 3.70. The molecule has 2 rings (SSSR count). The first-order valence-corrected chi connectivity index (χ1v) is 4.63. The Labute approximate surface area is 81.8 Å². The number of aliphatic hydroxyl groups is 1. The number of aliphatic hydroxyl groups excluding tert-OH is 1. The Morgan fingerprint density at radius 2 is 2.21 bits per heavy atom. The van der Waals surface area contributed by atoms with E-state index in [0.29, 0.717) is 6.42 Å². The minimum absolute atomic E-state index is 0.412. The van der Waals surface area contributed by atoms with Crippen LogP contribution in [0.1, 0.15) is 23.6 Å². The topological polar surface area (TPSA) is 69.0 Å². The summed E-state index contributed by atoms with van der Waals surface area (Å²) in [6.07, 6.45) is 0.982. The van der Waals surface area contributed by atoms with Gasteiger partial charge >= 0.3 is 0 Å². The van der Waals surface area contributed by atoms with Crippen LogP contribution in [0.3, 0.4) is 0 Å². The number of hydrogen-bond acceptors (Lipinski definition) is 2. The Balaban J connectivity index is 2.45. The van der Waals surface area contributed by atoms with Gasteiger partial charge in [-0.2, -0.15) is 0 Å². The van der Waals surface area contributed by atoms with E-state index in [1.165, 1.54) is 5.56 Å². The van der Waals surface area contributed by atoms with Gasteiger partial charge in [0.25, 0.3) is 0 Å². The van der Waals surface area contributed by atoms with Crippen LogP contribution in [0.2, 0.25) is 0 Å². The Bertz CT molecular complexity index is 385. The molecule has 0 amide bonds. The molecule has 4 nitrogen and oxygen atoms in total. The van der Waals surface area contributed by atoms with Crippen molar-refractivity contribution in [2.24, 2.45) is 5.11 Å². The lowest BCUT2D eigenvalue weighted by Gasteiger charge is -2.26. The lowest BCUT2D eigenvalue weighted by atomic mass is 9.86. The fraction of sp³-hybridized carbons (Fsp3) is 0.400. The fourth-order valence-electron chi connectivity index (χ4n) is 1.91. The standard InChI is InChI=1S/C10H11N3O/c11-13-12-10-8-4-2-1-3-7(8)5-6-9(10)14/h1-4,9-10,14H,5-6H2. The van der Waals surface area contributed by atoms with Crippen LogP contribution in [-0.2, 0) is 6.42 Å². The molecule has 0 bridgehead atoms. The number of azide groups is 1. The summed E-state index contributed by atoms with van der Waals surface area (Å²) in [5, 5.41) is 13.3. The molecule has 1 aromatic carbocycles. The summed E-state index contributed by atoms with van der Waals surface area (Å²) < 4.78 is 0. The zero-order valence-corrected chi connectivity index (χ0v) is 7.67. The SMILES string of the molecule is [N-]=[N+]=NC1c2ccccc2CCC1O. The molecule has 1 aliphatic rings. The molecule has 14 heavy (non-hydrogen) atoms. The number of rotatable bonds is 1. The molecule has 0 fully saturated rings. The Morgan fingerprint density at radius 3 is 3.00 bits per heavy atom. The number of aryl methyl sites for hydroxylation is 1. The van der Waals surface area contributed by atoms with Gasteiger partial charge in [0.15, 0.2) is 0 Å². The average Bonchev–Trinajstić information content (AvgIpc) is 2.23. The van der Waals surface area contributed by atoms with Crippen LogP contribution in [0.15, 0.2) is 29.4 Å². The molecular weight excluding hydrogens is 178 g/mol. The second-order valence-electron chi connectivity index (χ2n) is 3.45. The van der Waals surface area contributed by atoms with E-state index in [-0.39, 0.29) is 0 Å². The first-order chi connectivity index (χ1) is 6.83. The lowest BCUT2D eigenvalue weighted by molar-refractivity contribution is 0.128. The number of hydrogen-bond donors (Lipinski definition) is 1. The van der Waals surface area contributed by atoms with Crippen molar-refractivity contribution in [1.82, 2.24) is 0 Å². The molecule has 1 aliphatic carbocycles. The maximum atomic E-state index is 9.68. The van der Waals surface area contributed by atoms with Gasteiger partial charge in [-0.3, -0.25) is 0 Å². The smallest absolute Gasteiger partial charge is 0.0887 e. The largest absolute Gasteiger partial charge is 0.392 e. The highest BCUT2D eigenvalue weighted by Gasteiger charge is 2.26. The number of nitrogens with zero attached hydrogens (tertiary/aromatic N) is 3. The molecule has 0 spiro atoms.